The summed E-state index contributed by atoms with van der Waals surface area (Å²) in [5.41, 5.74) is 4.58. The van der Waals surface area contributed by atoms with Gasteiger partial charge in [0.25, 0.3) is 5.91 Å². The Morgan fingerprint density at radius 2 is 1.48 bits per heavy atom. The van der Waals surface area contributed by atoms with Crippen molar-refractivity contribution in [1.82, 2.24) is 20.9 Å². The minimum Gasteiger partial charge on any atom is -0.363 e. The quantitative estimate of drug-likeness (QED) is 0.232. The molecule has 1 unspecified atom stereocenters. The third kappa shape index (κ3) is 8.59. The number of amides is 5. The average Bonchev–Trinajstić information content (AvgIpc) is 3.91. The molecule has 5 N–H and O–H groups in total. The molecule has 0 aromatic heterocycles. The van der Waals surface area contributed by atoms with Crippen molar-refractivity contribution in [3.63, 3.8) is 0 Å². The van der Waals surface area contributed by atoms with Crippen LogP contribution in [0.2, 0.25) is 0 Å². The van der Waals surface area contributed by atoms with E-state index in [1.54, 1.807) is 0 Å². The number of nitrogens with one attached hydrogen (secondary N) is 3. The van der Waals surface area contributed by atoms with Gasteiger partial charge in [0.1, 0.15) is 12.1 Å². The predicted molar refractivity (Wildman–Crippen MR) is 165 cm³/mol. The largest absolute Gasteiger partial charge is 0.363 e. The Morgan fingerprint density at radius 1 is 0.841 bits per heavy atom. The van der Waals surface area contributed by atoms with Gasteiger partial charge in [-0.2, -0.15) is 0 Å². The number of urea groups is 1. The first-order chi connectivity index (χ1) is 20.7. The van der Waals surface area contributed by atoms with Crippen molar-refractivity contribution in [3.05, 3.63) is 0 Å². The van der Waals surface area contributed by atoms with E-state index in [0.29, 0.717) is 19.4 Å². The van der Waals surface area contributed by atoms with Crippen molar-refractivity contribution in [1.29, 1.82) is 0 Å². The Hall–Kier alpha value is -2.98. The molecule has 1 aliphatic heterocycles. The maximum absolute atomic E-state index is 14.3. The number of primary amides is 1. The van der Waals surface area contributed by atoms with Crippen molar-refractivity contribution in [2.24, 2.45) is 40.7 Å². The highest BCUT2D eigenvalue weighted by molar-refractivity contribution is 6.37. The molecule has 5 atom stereocenters. The normalized spacial score (nSPS) is 24.7. The third-order valence-corrected chi connectivity index (χ3v) is 10.1. The second-order valence-electron chi connectivity index (χ2n) is 15.2. The van der Waals surface area contributed by atoms with Crippen molar-refractivity contribution in [2.45, 2.75) is 129 Å². The van der Waals surface area contributed by atoms with E-state index in [-0.39, 0.29) is 35.4 Å². The van der Waals surface area contributed by atoms with E-state index in [1.807, 2.05) is 34.6 Å². The van der Waals surface area contributed by atoms with Crippen molar-refractivity contribution < 1.29 is 28.8 Å². The SMILES string of the molecule is CC(C)[C@@H]1C[C@@H](C(=O)NC(CC2CC2)C(=O)C(N)=O)N(C(=O)[C@@H](NC(=O)N[C@H](C(=O)C2CC2)C2CCCCC2)C(C)(C)C)C1. The summed E-state index contributed by atoms with van der Waals surface area (Å²) in [6.45, 7) is 9.96. The predicted octanol–water partition coefficient (Wildman–Crippen LogP) is 2.84. The van der Waals surface area contributed by atoms with E-state index in [0.717, 1.165) is 57.8 Å². The summed E-state index contributed by atoms with van der Waals surface area (Å²) in [7, 11) is 0. The van der Waals surface area contributed by atoms with E-state index >= 15 is 0 Å². The van der Waals surface area contributed by atoms with Gasteiger partial charge in [-0.25, -0.2) is 4.79 Å². The van der Waals surface area contributed by atoms with E-state index in [2.05, 4.69) is 16.0 Å². The molecule has 1 saturated heterocycles. The lowest BCUT2D eigenvalue weighted by Crippen LogP contribution is -2.61. The number of nitrogens with two attached hydrogens (primary N) is 1. The van der Waals surface area contributed by atoms with Gasteiger partial charge in [-0.1, -0.05) is 66.7 Å². The number of likely N-dealkylation sites (tertiary alicyclic amines) is 1. The lowest BCUT2D eigenvalue weighted by molar-refractivity contribution is -0.143. The number of carbonyl (C=O) groups excluding carboxylic acids is 6. The molecule has 3 saturated carbocycles. The maximum atomic E-state index is 14.3. The Balaban J connectivity index is 1.51. The molecule has 11 heteroatoms. The molecular formula is C33H53N5O6. The first-order valence-electron chi connectivity index (χ1n) is 16.7. The van der Waals surface area contributed by atoms with Crippen molar-refractivity contribution >= 4 is 35.3 Å². The number of hydrogen-bond donors (Lipinski definition) is 4. The van der Waals surface area contributed by atoms with E-state index in [9.17, 15) is 28.8 Å². The van der Waals surface area contributed by atoms with E-state index in [4.69, 9.17) is 5.73 Å². The Kier molecular flexibility index (Phi) is 10.8. The highest BCUT2D eigenvalue weighted by atomic mass is 16.2. The van der Waals surface area contributed by atoms with E-state index in [1.165, 1.54) is 4.90 Å². The zero-order chi connectivity index (χ0) is 32.3. The lowest BCUT2D eigenvalue weighted by Gasteiger charge is -2.36. The summed E-state index contributed by atoms with van der Waals surface area (Å²) in [5, 5.41) is 8.59. The molecular weight excluding hydrogens is 562 g/mol. The van der Waals surface area contributed by atoms with Crippen LogP contribution < -0.4 is 21.7 Å². The fraction of sp³-hybridized carbons (Fsp3) is 0.818. The van der Waals surface area contributed by atoms with Gasteiger partial charge < -0.3 is 26.6 Å². The van der Waals surface area contributed by atoms with E-state index < -0.39 is 59.1 Å². The molecule has 5 amide bonds. The molecule has 0 aromatic carbocycles. The molecule has 4 rings (SSSR count). The van der Waals surface area contributed by atoms with Crippen LogP contribution in [0.1, 0.15) is 105 Å². The van der Waals surface area contributed by atoms with Gasteiger partial charge in [-0.15, -0.1) is 0 Å². The van der Waals surface area contributed by atoms with Crippen LogP contribution in [0.15, 0.2) is 0 Å². The van der Waals surface area contributed by atoms with Crippen LogP contribution in [0.4, 0.5) is 4.79 Å². The summed E-state index contributed by atoms with van der Waals surface area (Å²) >= 11 is 0. The number of ketones is 2. The van der Waals surface area contributed by atoms with Gasteiger partial charge in [-0.3, -0.25) is 24.0 Å². The van der Waals surface area contributed by atoms with Crippen LogP contribution in [-0.2, 0) is 24.0 Å². The highest BCUT2D eigenvalue weighted by Crippen LogP contribution is 2.37. The van der Waals surface area contributed by atoms with Gasteiger partial charge in [-0.05, 0) is 67.6 Å². The minimum absolute atomic E-state index is 0.00398. The third-order valence-electron chi connectivity index (χ3n) is 10.1. The van der Waals surface area contributed by atoms with Crippen LogP contribution >= 0.6 is 0 Å². The molecule has 1 heterocycles. The molecule has 4 aliphatic rings. The van der Waals surface area contributed by atoms with Crippen LogP contribution in [0.5, 0.6) is 0 Å². The number of rotatable bonds is 13. The fourth-order valence-corrected chi connectivity index (χ4v) is 6.84. The molecule has 3 aliphatic carbocycles. The molecule has 0 aromatic rings. The van der Waals surface area contributed by atoms with Crippen LogP contribution in [0.25, 0.3) is 0 Å². The standard InChI is InChI=1S/C33H53N5O6/c1-18(2)22-16-24(30(42)35-23(15-19-11-12-19)27(40)29(34)41)38(17-22)31(43)28(33(3,4)5)37-32(44)36-25(26(39)21-13-14-21)20-9-7-6-8-10-20/h18-25,28H,6-17H2,1-5H3,(H2,34,41)(H,35,42)(H2,36,37,44)/t22-,23?,24+,25+,28-/m1/s1. The van der Waals surface area contributed by atoms with Gasteiger partial charge >= 0.3 is 6.03 Å². The molecule has 246 valence electrons. The van der Waals surface area contributed by atoms with Crippen LogP contribution in [0, 0.1) is 35.0 Å². The first-order valence-corrected chi connectivity index (χ1v) is 16.7. The minimum atomic E-state index is -1.09. The van der Waals surface area contributed by atoms with Crippen molar-refractivity contribution in [2.75, 3.05) is 6.54 Å². The Morgan fingerprint density at radius 3 is 2.00 bits per heavy atom. The second-order valence-corrected chi connectivity index (χ2v) is 15.2. The van der Waals surface area contributed by atoms with Crippen LogP contribution in [-0.4, -0.2) is 70.9 Å². The zero-order valence-corrected chi connectivity index (χ0v) is 27.2. The number of hydrogen-bond acceptors (Lipinski definition) is 6. The van der Waals surface area contributed by atoms with Gasteiger partial charge in [0.15, 0.2) is 5.78 Å². The monoisotopic (exact) mass is 615 g/mol. The lowest BCUT2D eigenvalue weighted by atomic mass is 9.81. The summed E-state index contributed by atoms with van der Waals surface area (Å²) in [6.07, 6.45) is 9.31. The molecule has 0 bridgehead atoms. The summed E-state index contributed by atoms with van der Waals surface area (Å²) in [5.74, 6) is -2.15. The zero-order valence-electron chi connectivity index (χ0n) is 27.2. The topological polar surface area (TPSA) is 168 Å². The summed E-state index contributed by atoms with van der Waals surface area (Å²) in [6, 6.07) is -3.98. The molecule has 4 fully saturated rings. The maximum Gasteiger partial charge on any atom is 0.316 e. The molecule has 11 nitrogen and oxygen atoms in total. The van der Waals surface area contributed by atoms with Gasteiger partial charge in [0.2, 0.25) is 17.6 Å². The first kappa shape index (κ1) is 33.9. The highest BCUT2D eigenvalue weighted by Gasteiger charge is 2.47. The van der Waals surface area contributed by atoms with Crippen molar-refractivity contribution in [3.8, 4) is 0 Å². The molecule has 44 heavy (non-hydrogen) atoms. The smallest absolute Gasteiger partial charge is 0.316 e. The Labute approximate surface area is 261 Å². The number of nitrogens with zero attached hydrogens (tertiary/aromatic N) is 1. The number of carbonyl (C=O) groups is 6. The van der Waals surface area contributed by atoms with Crippen LogP contribution in [0.3, 0.4) is 0 Å². The van der Waals surface area contributed by atoms with Gasteiger partial charge in [0.05, 0.1) is 12.1 Å². The fourth-order valence-electron chi connectivity index (χ4n) is 6.84. The Bertz CT molecular complexity index is 1120. The summed E-state index contributed by atoms with van der Waals surface area (Å²) in [4.78, 5) is 80.4. The average molecular weight is 616 g/mol. The summed E-state index contributed by atoms with van der Waals surface area (Å²) < 4.78 is 0. The number of Topliss-reactive ketones (excluding diaryl/α,β-unsaturated/α-hetero) is 2. The second kappa shape index (κ2) is 14.0. The molecule has 0 radical (unpaired) electrons. The molecule has 0 spiro atoms. The van der Waals surface area contributed by atoms with Gasteiger partial charge in [0, 0.05) is 12.5 Å².